The molecule has 1 aromatic carbocycles. The molecule has 0 saturated heterocycles. The molecule has 0 fully saturated rings. The minimum absolute atomic E-state index is 0.453. The van der Waals surface area contributed by atoms with E-state index in [-0.39, 0.29) is 0 Å². The highest BCUT2D eigenvalue weighted by molar-refractivity contribution is 9.09. The van der Waals surface area contributed by atoms with Gasteiger partial charge in [0.05, 0.1) is 5.52 Å². The number of para-hydroxylation sites is 1. The highest BCUT2D eigenvalue weighted by Gasteiger charge is 2.15. The highest BCUT2D eigenvalue weighted by Crippen LogP contribution is 2.26. The smallest absolute Gasteiger partial charge is 0.0705 e. The van der Waals surface area contributed by atoms with Crippen molar-refractivity contribution in [2.45, 2.75) is 31.0 Å². The molecular formula is C14H16BrN. The Morgan fingerprint density at radius 1 is 1.19 bits per heavy atom. The van der Waals surface area contributed by atoms with Crippen molar-refractivity contribution in [1.29, 1.82) is 0 Å². The summed E-state index contributed by atoms with van der Waals surface area (Å²) in [5.74, 6) is 0.453. The molecule has 0 N–H and O–H groups in total. The van der Waals surface area contributed by atoms with Crippen molar-refractivity contribution < 1.29 is 0 Å². The molecule has 2 aromatic rings. The minimum atomic E-state index is 0.453. The standard InChI is InChI=1S/C14H16BrN/c1-3-12(15)10(2)13-9-8-11-6-4-5-7-14(11)16-13/h4-10,12H,3H2,1-2H3. The average molecular weight is 278 g/mol. The molecule has 0 amide bonds. The van der Waals surface area contributed by atoms with Crippen LogP contribution in [0.25, 0.3) is 10.9 Å². The van der Waals surface area contributed by atoms with E-state index in [1.807, 2.05) is 12.1 Å². The van der Waals surface area contributed by atoms with Crippen molar-refractivity contribution in [2.75, 3.05) is 0 Å². The number of halogens is 1. The molecule has 2 heteroatoms. The molecular weight excluding hydrogens is 262 g/mol. The van der Waals surface area contributed by atoms with Crippen LogP contribution >= 0.6 is 15.9 Å². The Hall–Kier alpha value is -0.890. The van der Waals surface area contributed by atoms with Crippen LogP contribution < -0.4 is 0 Å². The monoisotopic (exact) mass is 277 g/mol. The van der Waals surface area contributed by atoms with Crippen molar-refractivity contribution in [3.05, 3.63) is 42.1 Å². The highest BCUT2D eigenvalue weighted by atomic mass is 79.9. The number of hydrogen-bond donors (Lipinski definition) is 0. The molecule has 0 spiro atoms. The van der Waals surface area contributed by atoms with Crippen molar-refractivity contribution in [2.24, 2.45) is 0 Å². The van der Waals surface area contributed by atoms with Gasteiger partial charge in [0.1, 0.15) is 0 Å². The van der Waals surface area contributed by atoms with E-state index in [1.165, 1.54) is 11.1 Å². The number of pyridine rings is 1. The van der Waals surface area contributed by atoms with Gasteiger partial charge < -0.3 is 0 Å². The Bertz CT molecular complexity index is 481. The Morgan fingerprint density at radius 3 is 2.69 bits per heavy atom. The van der Waals surface area contributed by atoms with E-state index in [2.05, 4.69) is 54.0 Å². The van der Waals surface area contributed by atoms with Gasteiger partial charge >= 0.3 is 0 Å². The number of alkyl halides is 1. The van der Waals surface area contributed by atoms with Crippen LogP contribution in [0.1, 0.15) is 31.9 Å². The average Bonchev–Trinajstić information content (AvgIpc) is 2.36. The molecule has 16 heavy (non-hydrogen) atoms. The first-order valence-electron chi connectivity index (χ1n) is 5.72. The lowest BCUT2D eigenvalue weighted by molar-refractivity contribution is 0.677. The van der Waals surface area contributed by atoms with Gasteiger partial charge in [0, 0.05) is 21.8 Å². The Balaban J connectivity index is 2.39. The molecule has 2 unspecified atom stereocenters. The molecule has 1 heterocycles. The zero-order valence-corrected chi connectivity index (χ0v) is 11.2. The molecule has 1 nitrogen and oxygen atoms in total. The van der Waals surface area contributed by atoms with Gasteiger partial charge in [0.25, 0.3) is 0 Å². The molecule has 2 atom stereocenters. The van der Waals surface area contributed by atoms with Crippen LogP contribution in [0.5, 0.6) is 0 Å². The van der Waals surface area contributed by atoms with Crippen LogP contribution in [0.4, 0.5) is 0 Å². The number of aromatic nitrogens is 1. The van der Waals surface area contributed by atoms with Crippen molar-refractivity contribution in [3.63, 3.8) is 0 Å². The predicted molar refractivity (Wildman–Crippen MR) is 73.2 cm³/mol. The lowest BCUT2D eigenvalue weighted by Crippen LogP contribution is -2.09. The Labute approximate surface area is 105 Å². The minimum Gasteiger partial charge on any atom is -0.253 e. The quantitative estimate of drug-likeness (QED) is 0.753. The van der Waals surface area contributed by atoms with Gasteiger partial charge in [-0.1, -0.05) is 54.0 Å². The number of nitrogens with zero attached hydrogens (tertiary/aromatic N) is 1. The Morgan fingerprint density at radius 2 is 1.94 bits per heavy atom. The zero-order valence-electron chi connectivity index (χ0n) is 9.65. The van der Waals surface area contributed by atoms with Gasteiger partial charge in [0.15, 0.2) is 0 Å². The summed E-state index contributed by atoms with van der Waals surface area (Å²) in [4.78, 5) is 5.22. The van der Waals surface area contributed by atoms with Crippen molar-refractivity contribution in [3.8, 4) is 0 Å². The van der Waals surface area contributed by atoms with E-state index in [0.717, 1.165) is 11.9 Å². The third-order valence-corrected chi connectivity index (χ3v) is 4.46. The normalized spacial score (nSPS) is 14.9. The van der Waals surface area contributed by atoms with Gasteiger partial charge in [-0.05, 0) is 18.6 Å². The van der Waals surface area contributed by atoms with E-state index < -0.39 is 0 Å². The molecule has 0 saturated carbocycles. The first-order chi connectivity index (χ1) is 7.72. The van der Waals surface area contributed by atoms with Crippen LogP contribution in [0.2, 0.25) is 0 Å². The first-order valence-corrected chi connectivity index (χ1v) is 6.63. The lowest BCUT2D eigenvalue weighted by atomic mass is 10.0. The zero-order chi connectivity index (χ0) is 11.5. The summed E-state index contributed by atoms with van der Waals surface area (Å²) < 4.78 is 0. The van der Waals surface area contributed by atoms with Gasteiger partial charge in [0.2, 0.25) is 0 Å². The molecule has 84 valence electrons. The van der Waals surface area contributed by atoms with Crippen LogP contribution in [-0.2, 0) is 0 Å². The first kappa shape index (κ1) is 11.6. The van der Waals surface area contributed by atoms with Crippen LogP contribution in [-0.4, -0.2) is 9.81 Å². The van der Waals surface area contributed by atoms with Gasteiger partial charge in [-0.15, -0.1) is 0 Å². The van der Waals surface area contributed by atoms with E-state index >= 15 is 0 Å². The fourth-order valence-electron chi connectivity index (χ4n) is 1.87. The lowest BCUT2D eigenvalue weighted by Gasteiger charge is -2.16. The topological polar surface area (TPSA) is 12.9 Å². The maximum Gasteiger partial charge on any atom is 0.0705 e. The van der Waals surface area contributed by atoms with Crippen molar-refractivity contribution in [1.82, 2.24) is 4.98 Å². The molecule has 0 aliphatic rings. The van der Waals surface area contributed by atoms with Crippen LogP contribution in [0, 0.1) is 0 Å². The summed E-state index contributed by atoms with van der Waals surface area (Å²) in [7, 11) is 0. The number of fused-ring (bicyclic) bond motifs is 1. The third-order valence-electron chi connectivity index (χ3n) is 3.02. The summed E-state index contributed by atoms with van der Waals surface area (Å²) in [6.45, 7) is 4.41. The second-order valence-corrected chi connectivity index (χ2v) is 5.32. The number of benzene rings is 1. The fourth-order valence-corrected chi connectivity index (χ4v) is 2.15. The fraction of sp³-hybridized carbons (Fsp3) is 0.357. The number of hydrogen-bond acceptors (Lipinski definition) is 1. The van der Waals surface area contributed by atoms with Gasteiger partial charge in [-0.25, -0.2) is 0 Å². The van der Waals surface area contributed by atoms with Crippen molar-refractivity contribution >= 4 is 26.8 Å². The predicted octanol–water partition coefficient (Wildman–Crippen LogP) is 4.51. The van der Waals surface area contributed by atoms with E-state index in [4.69, 9.17) is 4.98 Å². The van der Waals surface area contributed by atoms with E-state index in [0.29, 0.717) is 10.7 Å². The second kappa shape index (κ2) is 4.96. The van der Waals surface area contributed by atoms with Gasteiger partial charge in [-0.2, -0.15) is 0 Å². The largest absolute Gasteiger partial charge is 0.253 e. The van der Waals surface area contributed by atoms with Crippen LogP contribution in [0.15, 0.2) is 36.4 Å². The maximum atomic E-state index is 4.71. The SMILES string of the molecule is CCC(Br)C(C)c1ccc2ccccc2n1. The molecule has 2 rings (SSSR count). The van der Waals surface area contributed by atoms with E-state index in [9.17, 15) is 0 Å². The number of rotatable bonds is 3. The molecule has 0 aliphatic carbocycles. The van der Waals surface area contributed by atoms with E-state index in [1.54, 1.807) is 0 Å². The van der Waals surface area contributed by atoms with Gasteiger partial charge in [-0.3, -0.25) is 4.98 Å². The maximum absolute atomic E-state index is 4.71. The molecule has 0 radical (unpaired) electrons. The molecule has 0 bridgehead atoms. The second-order valence-electron chi connectivity index (χ2n) is 4.14. The molecule has 0 aliphatic heterocycles. The summed E-state index contributed by atoms with van der Waals surface area (Å²) in [6.07, 6.45) is 1.12. The Kier molecular flexibility index (Phi) is 3.59. The molecule has 1 aromatic heterocycles. The summed E-state index contributed by atoms with van der Waals surface area (Å²) in [5.41, 5.74) is 2.25. The third kappa shape index (κ3) is 2.27. The summed E-state index contributed by atoms with van der Waals surface area (Å²) in [6, 6.07) is 12.5. The summed E-state index contributed by atoms with van der Waals surface area (Å²) >= 11 is 3.70. The van der Waals surface area contributed by atoms with Crippen LogP contribution in [0.3, 0.4) is 0 Å². The summed E-state index contributed by atoms with van der Waals surface area (Å²) in [5, 5.41) is 1.21.